The largest absolute Gasteiger partial charge is 0.464 e. The van der Waals surface area contributed by atoms with Crippen molar-refractivity contribution >= 4 is 29.1 Å². The van der Waals surface area contributed by atoms with Crippen LogP contribution in [0.25, 0.3) is 11.2 Å². The summed E-state index contributed by atoms with van der Waals surface area (Å²) in [7, 11) is 2.97. The lowest BCUT2D eigenvalue weighted by Gasteiger charge is -2.37. The third-order valence-electron chi connectivity index (χ3n) is 6.63. The maximum absolute atomic E-state index is 12.7. The second kappa shape index (κ2) is 9.92. The normalized spacial score (nSPS) is 18.8. The summed E-state index contributed by atoms with van der Waals surface area (Å²) in [4.78, 5) is 72.0. The molecule has 0 radical (unpaired) electrons. The van der Waals surface area contributed by atoms with E-state index in [1.807, 2.05) is 0 Å². The highest BCUT2D eigenvalue weighted by atomic mass is 16.6. The predicted octanol–water partition coefficient (Wildman–Crippen LogP) is -0.342. The SMILES string of the molecule is CCOC(=O)[C@@H]1COC(=O)N1C1CCN(C(=O)CCCc2nc3c([nH]2)c(=O)n(C)c(=O)n3C)CC1. The van der Waals surface area contributed by atoms with Crippen LogP contribution in [0.4, 0.5) is 4.79 Å². The summed E-state index contributed by atoms with van der Waals surface area (Å²) in [6.07, 6.45) is 1.86. The zero-order valence-corrected chi connectivity index (χ0v) is 20.1. The van der Waals surface area contributed by atoms with Gasteiger partial charge >= 0.3 is 17.8 Å². The number of piperidine rings is 1. The molecule has 2 aromatic rings. The predicted molar refractivity (Wildman–Crippen MR) is 123 cm³/mol. The number of esters is 1. The van der Waals surface area contributed by atoms with Crippen molar-refractivity contribution < 1.29 is 23.9 Å². The molecule has 0 aromatic carbocycles. The molecule has 0 spiro atoms. The van der Waals surface area contributed by atoms with E-state index >= 15 is 0 Å². The fraction of sp³-hybridized carbons (Fsp3) is 0.636. The number of hydrogen-bond donors (Lipinski definition) is 1. The number of ether oxygens (including phenoxy) is 2. The van der Waals surface area contributed by atoms with Gasteiger partial charge in [-0.1, -0.05) is 0 Å². The van der Waals surface area contributed by atoms with Crippen molar-refractivity contribution in [3.05, 3.63) is 26.7 Å². The monoisotopic (exact) mass is 490 g/mol. The molecule has 2 aliphatic rings. The zero-order chi connectivity index (χ0) is 25.3. The van der Waals surface area contributed by atoms with Gasteiger partial charge in [0.1, 0.15) is 17.9 Å². The Hall–Kier alpha value is -3.64. The standard InChI is InChI=1S/C22H30N6O7/c1-4-34-20(31)14-12-35-22(33)28(14)13-8-10-27(11-9-13)16(29)7-5-6-15-23-17-18(24-15)25(2)21(32)26(3)19(17)30/h13-14H,4-12H2,1-3H3,(H,23,24)/t14-/m0/s1. The van der Waals surface area contributed by atoms with E-state index in [9.17, 15) is 24.0 Å². The molecule has 2 saturated heterocycles. The van der Waals surface area contributed by atoms with E-state index in [0.717, 1.165) is 4.57 Å². The van der Waals surface area contributed by atoms with E-state index < -0.39 is 29.4 Å². The van der Waals surface area contributed by atoms with Gasteiger partial charge in [0.15, 0.2) is 11.7 Å². The topological polar surface area (TPSA) is 149 Å². The average molecular weight is 491 g/mol. The maximum atomic E-state index is 12.7. The van der Waals surface area contributed by atoms with E-state index in [-0.39, 0.29) is 30.7 Å². The molecule has 35 heavy (non-hydrogen) atoms. The Morgan fingerprint density at radius 1 is 1.14 bits per heavy atom. The molecule has 2 aromatic heterocycles. The number of aromatic nitrogens is 4. The highest BCUT2D eigenvalue weighted by Gasteiger charge is 2.44. The lowest BCUT2D eigenvalue weighted by Crippen LogP contribution is -2.52. The first-order valence-corrected chi connectivity index (χ1v) is 11.8. The third-order valence-corrected chi connectivity index (χ3v) is 6.63. The molecule has 1 N–H and O–H groups in total. The van der Waals surface area contributed by atoms with Crippen LogP contribution in [0.3, 0.4) is 0 Å². The van der Waals surface area contributed by atoms with Crippen molar-refractivity contribution in [3.63, 3.8) is 0 Å². The quantitative estimate of drug-likeness (QED) is 0.518. The highest BCUT2D eigenvalue weighted by molar-refractivity contribution is 5.84. The summed E-state index contributed by atoms with van der Waals surface area (Å²) >= 11 is 0. The molecule has 2 amide bonds. The summed E-state index contributed by atoms with van der Waals surface area (Å²) in [5.74, 6) is 0.0662. The first kappa shape index (κ1) is 24.5. The van der Waals surface area contributed by atoms with Crippen molar-refractivity contribution in [3.8, 4) is 0 Å². The van der Waals surface area contributed by atoms with Crippen molar-refractivity contribution in [2.24, 2.45) is 14.1 Å². The molecular weight excluding hydrogens is 460 g/mol. The number of carbonyl (C=O) groups excluding carboxylic acids is 3. The number of rotatable bonds is 7. The number of likely N-dealkylation sites (tertiary alicyclic amines) is 1. The van der Waals surface area contributed by atoms with Gasteiger partial charge in [0.2, 0.25) is 5.91 Å². The van der Waals surface area contributed by atoms with Crippen molar-refractivity contribution in [2.45, 2.75) is 51.1 Å². The lowest BCUT2D eigenvalue weighted by atomic mass is 10.0. The molecule has 0 aliphatic carbocycles. The Balaban J connectivity index is 1.30. The van der Waals surface area contributed by atoms with Gasteiger partial charge in [-0.2, -0.15) is 0 Å². The highest BCUT2D eigenvalue weighted by Crippen LogP contribution is 2.25. The van der Waals surface area contributed by atoms with Gasteiger partial charge in [0.05, 0.1) is 6.61 Å². The van der Waals surface area contributed by atoms with E-state index in [1.54, 1.807) is 18.9 Å². The summed E-state index contributed by atoms with van der Waals surface area (Å²) in [5.41, 5.74) is -0.328. The Kier molecular flexibility index (Phi) is 6.94. The van der Waals surface area contributed by atoms with Crippen LogP contribution >= 0.6 is 0 Å². The molecule has 0 saturated carbocycles. The molecule has 2 fully saturated rings. The number of amides is 2. The molecule has 4 rings (SSSR count). The number of H-pyrrole nitrogens is 1. The van der Waals surface area contributed by atoms with Crippen LogP contribution in [0.1, 0.15) is 38.4 Å². The van der Waals surface area contributed by atoms with Crippen LogP contribution in [0, 0.1) is 0 Å². The third kappa shape index (κ3) is 4.66. The number of hydrogen-bond acceptors (Lipinski definition) is 8. The molecule has 190 valence electrons. The average Bonchev–Trinajstić information content (AvgIpc) is 3.45. The number of aromatic amines is 1. The lowest BCUT2D eigenvalue weighted by molar-refractivity contribution is -0.149. The summed E-state index contributed by atoms with van der Waals surface area (Å²) in [5, 5.41) is 0. The van der Waals surface area contributed by atoms with Crippen LogP contribution in [-0.2, 0) is 39.6 Å². The molecule has 13 nitrogen and oxygen atoms in total. The molecule has 4 heterocycles. The van der Waals surface area contributed by atoms with E-state index in [2.05, 4.69) is 9.97 Å². The van der Waals surface area contributed by atoms with Gasteiger partial charge in [-0.15, -0.1) is 0 Å². The Morgan fingerprint density at radius 3 is 2.54 bits per heavy atom. The number of nitrogens with one attached hydrogen (secondary N) is 1. The van der Waals surface area contributed by atoms with Crippen molar-refractivity contribution in [1.82, 2.24) is 28.9 Å². The summed E-state index contributed by atoms with van der Waals surface area (Å²) in [6.45, 7) is 2.88. The molecule has 1 atom stereocenters. The molecule has 13 heteroatoms. The minimum Gasteiger partial charge on any atom is -0.464 e. The van der Waals surface area contributed by atoms with Gasteiger partial charge in [-0.25, -0.2) is 19.4 Å². The minimum absolute atomic E-state index is 0.00573. The molecule has 0 unspecified atom stereocenters. The van der Waals surface area contributed by atoms with E-state index in [1.165, 1.54) is 16.5 Å². The van der Waals surface area contributed by atoms with Gasteiger partial charge in [0, 0.05) is 46.1 Å². The Bertz CT molecular complexity index is 1250. The number of aryl methyl sites for hydroxylation is 2. The number of carbonyl (C=O) groups is 3. The number of nitrogens with zero attached hydrogens (tertiary/aromatic N) is 5. The van der Waals surface area contributed by atoms with Crippen LogP contribution in [0.2, 0.25) is 0 Å². The van der Waals surface area contributed by atoms with Crippen LogP contribution < -0.4 is 11.2 Å². The van der Waals surface area contributed by atoms with Gasteiger partial charge in [-0.05, 0) is 26.2 Å². The Morgan fingerprint density at radius 2 is 1.86 bits per heavy atom. The van der Waals surface area contributed by atoms with Crippen LogP contribution in [-0.4, -0.2) is 85.3 Å². The van der Waals surface area contributed by atoms with Crippen molar-refractivity contribution in [1.29, 1.82) is 0 Å². The second-order valence-corrected chi connectivity index (χ2v) is 8.81. The number of fused-ring (bicyclic) bond motifs is 1. The first-order valence-electron chi connectivity index (χ1n) is 11.8. The minimum atomic E-state index is -0.741. The van der Waals surface area contributed by atoms with Crippen molar-refractivity contribution in [2.75, 3.05) is 26.3 Å². The fourth-order valence-electron chi connectivity index (χ4n) is 4.71. The van der Waals surface area contributed by atoms with E-state index in [4.69, 9.17) is 9.47 Å². The van der Waals surface area contributed by atoms with E-state index in [0.29, 0.717) is 56.7 Å². The molecule has 2 aliphatic heterocycles. The fourth-order valence-corrected chi connectivity index (χ4v) is 4.71. The van der Waals surface area contributed by atoms with Gasteiger partial charge in [-0.3, -0.25) is 23.6 Å². The summed E-state index contributed by atoms with van der Waals surface area (Å²) < 4.78 is 12.5. The molecular formula is C22H30N6O7. The smallest absolute Gasteiger partial charge is 0.410 e. The Labute approximate surface area is 200 Å². The zero-order valence-electron chi connectivity index (χ0n) is 20.1. The summed E-state index contributed by atoms with van der Waals surface area (Å²) in [6, 6.07) is -0.928. The van der Waals surface area contributed by atoms with Gasteiger partial charge in [0.25, 0.3) is 5.56 Å². The number of imidazole rings is 1. The van der Waals surface area contributed by atoms with Crippen LogP contribution in [0.15, 0.2) is 9.59 Å². The molecule has 0 bridgehead atoms. The number of cyclic esters (lactones) is 1. The van der Waals surface area contributed by atoms with Gasteiger partial charge < -0.3 is 19.4 Å². The van der Waals surface area contributed by atoms with Crippen LogP contribution in [0.5, 0.6) is 0 Å². The first-order chi connectivity index (χ1) is 16.7. The maximum Gasteiger partial charge on any atom is 0.410 e. The second-order valence-electron chi connectivity index (χ2n) is 8.81.